The first-order chi connectivity index (χ1) is 14.8. The summed E-state index contributed by atoms with van der Waals surface area (Å²) in [6.45, 7) is 3.65. The fourth-order valence-corrected chi connectivity index (χ4v) is 3.68. The number of H-pyrrole nitrogens is 1. The van der Waals surface area contributed by atoms with E-state index in [0.717, 1.165) is 5.69 Å². The molecule has 2 heterocycles. The van der Waals surface area contributed by atoms with Gasteiger partial charge in [0.25, 0.3) is 11.5 Å². The predicted octanol–water partition coefficient (Wildman–Crippen LogP) is 3.60. The van der Waals surface area contributed by atoms with Gasteiger partial charge in [0.2, 0.25) is 0 Å². The predicted molar refractivity (Wildman–Crippen MR) is 113 cm³/mol. The molecule has 0 spiro atoms. The van der Waals surface area contributed by atoms with Gasteiger partial charge in [-0.05, 0) is 43.7 Å². The second-order valence-electron chi connectivity index (χ2n) is 7.37. The molecule has 31 heavy (non-hydrogen) atoms. The summed E-state index contributed by atoms with van der Waals surface area (Å²) in [5.41, 5.74) is 2.04. The number of carbonyl (C=O) groups is 1. The molecule has 0 atom stereocenters. The summed E-state index contributed by atoms with van der Waals surface area (Å²) < 4.78 is 29.4. The van der Waals surface area contributed by atoms with Crippen LogP contribution >= 0.6 is 0 Å². The van der Waals surface area contributed by atoms with Gasteiger partial charge < -0.3 is 9.88 Å². The van der Waals surface area contributed by atoms with Gasteiger partial charge in [-0.25, -0.2) is 8.78 Å². The summed E-state index contributed by atoms with van der Waals surface area (Å²) >= 11 is 0. The van der Waals surface area contributed by atoms with E-state index < -0.39 is 23.1 Å². The summed E-state index contributed by atoms with van der Waals surface area (Å²) in [5.74, 6) is -1.59. The van der Waals surface area contributed by atoms with Crippen molar-refractivity contribution in [2.45, 2.75) is 26.9 Å². The van der Waals surface area contributed by atoms with Crippen molar-refractivity contribution in [1.29, 1.82) is 0 Å². The first-order valence-corrected chi connectivity index (χ1v) is 9.70. The van der Waals surface area contributed by atoms with Gasteiger partial charge in [-0.2, -0.15) is 5.10 Å². The molecular weight excluding hydrogens is 402 g/mol. The fourth-order valence-electron chi connectivity index (χ4n) is 3.68. The molecule has 0 saturated heterocycles. The lowest BCUT2D eigenvalue weighted by molar-refractivity contribution is 0.0951. The average Bonchev–Trinajstić information content (AvgIpc) is 3.14. The smallest absolute Gasteiger partial charge is 0.262 e. The van der Waals surface area contributed by atoms with E-state index in [1.54, 1.807) is 31.2 Å². The number of nitrogens with one attached hydrogen (secondary N) is 2. The molecule has 4 rings (SSSR count). The van der Waals surface area contributed by atoms with E-state index in [2.05, 4.69) is 15.5 Å². The number of carbonyl (C=O) groups excluding carboxylic acids is 1. The standard InChI is InChI=1S/C23H20F2N4O2/c1-13-9-17(28-27-13)12-29-14(2)20(18-7-4-8-19(25)21(18)23(29)31)22(30)26-11-15-5-3-6-16(24)10-15/h3-10H,11-12H2,1-2H3,(H,26,30)(H,27,28). The maximum Gasteiger partial charge on any atom is 0.262 e. The number of aromatic nitrogens is 3. The number of halogens is 2. The summed E-state index contributed by atoms with van der Waals surface area (Å²) in [5, 5.41) is 9.77. The molecule has 2 aromatic carbocycles. The van der Waals surface area contributed by atoms with Crippen LogP contribution in [0.25, 0.3) is 10.8 Å². The molecular formula is C23H20F2N4O2. The molecule has 0 aliphatic carbocycles. The highest BCUT2D eigenvalue weighted by molar-refractivity contribution is 6.07. The number of nitrogens with zero attached hydrogens (tertiary/aromatic N) is 2. The number of benzene rings is 2. The lowest BCUT2D eigenvalue weighted by atomic mass is 10.0. The number of rotatable bonds is 5. The highest BCUT2D eigenvalue weighted by Gasteiger charge is 2.22. The minimum absolute atomic E-state index is 0.0868. The Balaban J connectivity index is 1.80. The van der Waals surface area contributed by atoms with E-state index in [1.807, 2.05) is 6.92 Å². The van der Waals surface area contributed by atoms with E-state index in [1.165, 1.54) is 28.8 Å². The third kappa shape index (κ3) is 3.96. The number of aromatic amines is 1. The highest BCUT2D eigenvalue weighted by atomic mass is 19.1. The molecule has 0 unspecified atom stereocenters. The Labute approximate surface area is 176 Å². The topological polar surface area (TPSA) is 79.8 Å². The van der Waals surface area contributed by atoms with Gasteiger partial charge in [0.1, 0.15) is 11.6 Å². The van der Waals surface area contributed by atoms with Crippen LogP contribution in [0.5, 0.6) is 0 Å². The van der Waals surface area contributed by atoms with Crippen LogP contribution in [-0.2, 0) is 13.1 Å². The Morgan fingerprint density at radius 2 is 1.90 bits per heavy atom. The third-order valence-corrected chi connectivity index (χ3v) is 5.16. The molecule has 0 fully saturated rings. The number of pyridine rings is 1. The third-order valence-electron chi connectivity index (χ3n) is 5.16. The van der Waals surface area contributed by atoms with Gasteiger partial charge in [-0.1, -0.05) is 24.3 Å². The Morgan fingerprint density at radius 3 is 2.61 bits per heavy atom. The largest absolute Gasteiger partial charge is 0.348 e. The van der Waals surface area contributed by atoms with Crippen molar-refractivity contribution in [2.24, 2.45) is 0 Å². The maximum atomic E-state index is 14.6. The summed E-state index contributed by atoms with van der Waals surface area (Å²) in [7, 11) is 0. The molecule has 2 aromatic heterocycles. The van der Waals surface area contributed by atoms with Crippen LogP contribution in [0.2, 0.25) is 0 Å². The van der Waals surface area contributed by atoms with Crippen LogP contribution < -0.4 is 10.9 Å². The molecule has 158 valence electrons. The van der Waals surface area contributed by atoms with Crippen LogP contribution in [0.15, 0.2) is 53.3 Å². The SMILES string of the molecule is Cc1cc(Cn2c(C)c(C(=O)NCc3cccc(F)c3)c3cccc(F)c3c2=O)n[nH]1. The zero-order valence-electron chi connectivity index (χ0n) is 17.0. The molecule has 8 heteroatoms. The van der Waals surface area contributed by atoms with E-state index in [4.69, 9.17) is 0 Å². The van der Waals surface area contributed by atoms with E-state index >= 15 is 0 Å². The number of hydrogen-bond donors (Lipinski definition) is 2. The second-order valence-corrected chi connectivity index (χ2v) is 7.37. The summed E-state index contributed by atoms with van der Waals surface area (Å²) in [4.78, 5) is 26.2. The number of amides is 1. The number of hydrogen-bond acceptors (Lipinski definition) is 3. The van der Waals surface area contributed by atoms with E-state index in [0.29, 0.717) is 17.0 Å². The number of fused-ring (bicyclic) bond motifs is 1. The van der Waals surface area contributed by atoms with Crippen molar-refractivity contribution in [1.82, 2.24) is 20.1 Å². The fraction of sp³-hybridized carbons (Fsp3) is 0.174. The maximum absolute atomic E-state index is 14.6. The molecule has 6 nitrogen and oxygen atoms in total. The Morgan fingerprint density at radius 1 is 1.13 bits per heavy atom. The van der Waals surface area contributed by atoms with Gasteiger partial charge in [0.05, 0.1) is 23.2 Å². The average molecular weight is 422 g/mol. The van der Waals surface area contributed by atoms with Crippen LogP contribution in [-0.4, -0.2) is 20.7 Å². The van der Waals surface area contributed by atoms with Crippen molar-refractivity contribution in [2.75, 3.05) is 0 Å². The van der Waals surface area contributed by atoms with Crippen molar-refractivity contribution in [3.05, 3.63) is 98.7 Å². The molecule has 0 aliphatic heterocycles. The molecule has 1 amide bonds. The monoisotopic (exact) mass is 422 g/mol. The molecule has 4 aromatic rings. The summed E-state index contributed by atoms with van der Waals surface area (Å²) in [6.07, 6.45) is 0. The summed E-state index contributed by atoms with van der Waals surface area (Å²) in [6, 6.07) is 11.9. The highest BCUT2D eigenvalue weighted by Crippen LogP contribution is 2.22. The lowest BCUT2D eigenvalue weighted by Crippen LogP contribution is -2.31. The van der Waals surface area contributed by atoms with Crippen LogP contribution in [0.4, 0.5) is 8.78 Å². The molecule has 0 saturated carbocycles. The molecule has 0 radical (unpaired) electrons. The van der Waals surface area contributed by atoms with Gasteiger partial charge in [0, 0.05) is 23.3 Å². The van der Waals surface area contributed by atoms with Crippen molar-refractivity contribution >= 4 is 16.7 Å². The minimum Gasteiger partial charge on any atom is -0.348 e. The quantitative estimate of drug-likeness (QED) is 0.516. The Kier molecular flexibility index (Phi) is 5.37. The van der Waals surface area contributed by atoms with Crippen LogP contribution in [0.1, 0.15) is 33.0 Å². The van der Waals surface area contributed by atoms with Gasteiger partial charge in [-0.3, -0.25) is 14.7 Å². The van der Waals surface area contributed by atoms with E-state index in [-0.39, 0.29) is 29.4 Å². The zero-order chi connectivity index (χ0) is 22.1. The van der Waals surface area contributed by atoms with Gasteiger partial charge in [-0.15, -0.1) is 0 Å². The van der Waals surface area contributed by atoms with Crippen LogP contribution in [0.3, 0.4) is 0 Å². The van der Waals surface area contributed by atoms with Crippen LogP contribution in [0, 0.1) is 25.5 Å². The van der Waals surface area contributed by atoms with E-state index in [9.17, 15) is 18.4 Å². The zero-order valence-corrected chi connectivity index (χ0v) is 17.0. The lowest BCUT2D eigenvalue weighted by Gasteiger charge is -2.17. The number of aryl methyl sites for hydroxylation is 1. The van der Waals surface area contributed by atoms with Crippen molar-refractivity contribution in [3.63, 3.8) is 0 Å². The molecule has 2 N–H and O–H groups in total. The van der Waals surface area contributed by atoms with Crippen molar-refractivity contribution < 1.29 is 13.6 Å². The van der Waals surface area contributed by atoms with Crippen molar-refractivity contribution in [3.8, 4) is 0 Å². The first-order valence-electron chi connectivity index (χ1n) is 9.70. The molecule has 0 aliphatic rings. The first kappa shape index (κ1) is 20.5. The second kappa shape index (κ2) is 8.14. The molecule has 0 bridgehead atoms. The van der Waals surface area contributed by atoms with Gasteiger partial charge in [0.15, 0.2) is 0 Å². The Hall–Kier alpha value is -3.81. The minimum atomic E-state index is -0.700. The normalized spacial score (nSPS) is 11.1. The van der Waals surface area contributed by atoms with Gasteiger partial charge >= 0.3 is 0 Å². The Bertz CT molecular complexity index is 1360.